The average molecular weight is 356 g/mol. The highest BCUT2D eigenvalue weighted by atomic mass is 35.5. The van der Waals surface area contributed by atoms with Crippen LogP contribution in [0.5, 0.6) is 0 Å². The van der Waals surface area contributed by atoms with Crippen molar-refractivity contribution in [3.63, 3.8) is 0 Å². The van der Waals surface area contributed by atoms with Gasteiger partial charge in [-0.15, -0.1) is 12.4 Å². The summed E-state index contributed by atoms with van der Waals surface area (Å²) in [5.41, 5.74) is 2.58. The maximum atomic E-state index is 11.0. The van der Waals surface area contributed by atoms with Crippen LogP contribution in [0.3, 0.4) is 0 Å². The summed E-state index contributed by atoms with van der Waals surface area (Å²) in [5.74, 6) is 0. The summed E-state index contributed by atoms with van der Waals surface area (Å²) in [6.07, 6.45) is 4.52. The number of aromatic nitrogens is 2. The first-order valence-corrected chi connectivity index (χ1v) is 8.33. The molecule has 0 aliphatic carbocycles. The summed E-state index contributed by atoms with van der Waals surface area (Å²) in [7, 11) is 0. The smallest absolute Gasteiger partial charge is 0.103 e. The third-order valence-electron chi connectivity index (χ3n) is 4.77. The van der Waals surface area contributed by atoms with Crippen molar-refractivity contribution in [2.75, 3.05) is 13.1 Å². The van der Waals surface area contributed by atoms with E-state index in [1.54, 1.807) is 6.20 Å². The average Bonchev–Trinajstić information content (AvgIpc) is 3.27. The number of hydrogen-bond acceptors (Lipinski definition) is 3. The molecule has 4 nitrogen and oxygen atoms in total. The number of hydrogen-bond donors (Lipinski definition) is 1. The van der Waals surface area contributed by atoms with E-state index in [0.29, 0.717) is 6.54 Å². The Kier molecular flexibility index (Phi) is 5.23. The van der Waals surface area contributed by atoms with Gasteiger partial charge in [0.25, 0.3) is 0 Å². The number of para-hydroxylation sites is 1. The van der Waals surface area contributed by atoms with Gasteiger partial charge < -0.3 is 5.11 Å². The minimum atomic E-state index is -0.748. The predicted molar refractivity (Wildman–Crippen MR) is 101 cm³/mol. The van der Waals surface area contributed by atoms with Crippen LogP contribution in [0, 0.1) is 0 Å². The molecule has 130 valence electrons. The zero-order chi connectivity index (χ0) is 16.4. The van der Waals surface area contributed by atoms with Gasteiger partial charge in [0.2, 0.25) is 0 Å². The lowest BCUT2D eigenvalue weighted by Gasteiger charge is -2.24. The first kappa shape index (κ1) is 17.7. The Labute approximate surface area is 154 Å². The van der Waals surface area contributed by atoms with Crippen LogP contribution in [-0.2, 0) is 12.1 Å². The zero-order valence-electron chi connectivity index (χ0n) is 14.0. The number of likely N-dealkylation sites (tertiary alicyclic amines) is 1. The largest absolute Gasteiger partial charge is 0.384 e. The number of β-amino-alcohol motifs (C(OH)–C–C–N with tert-alkyl or cyclic N) is 1. The molecule has 0 spiro atoms. The Bertz CT molecular complexity index is 807. The molecule has 5 heteroatoms. The van der Waals surface area contributed by atoms with Gasteiger partial charge in [0.1, 0.15) is 5.60 Å². The lowest BCUT2D eigenvalue weighted by atomic mass is 9.93. The molecule has 1 atom stereocenters. The van der Waals surface area contributed by atoms with Gasteiger partial charge in [0, 0.05) is 32.0 Å². The van der Waals surface area contributed by atoms with Crippen LogP contribution >= 0.6 is 12.4 Å². The number of rotatable bonds is 4. The highest BCUT2D eigenvalue weighted by Crippen LogP contribution is 2.33. The van der Waals surface area contributed by atoms with E-state index in [2.05, 4.69) is 28.2 Å². The predicted octanol–water partition coefficient (Wildman–Crippen LogP) is 3.39. The lowest BCUT2D eigenvalue weighted by Crippen LogP contribution is -2.30. The zero-order valence-corrected chi connectivity index (χ0v) is 14.8. The number of nitrogens with zero attached hydrogens (tertiary/aromatic N) is 3. The molecule has 1 saturated heterocycles. The van der Waals surface area contributed by atoms with Crippen LogP contribution in [0.4, 0.5) is 0 Å². The van der Waals surface area contributed by atoms with Gasteiger partial charge in [0.15, 0.2) is 0 Å². The van der Waals surface area contributed by atoms with Crippen molar-refractivity contribution in [2.24, 2.45) is 0 Å². The Morgan fingerprint density at radius 3 is 2.52 bits per heavy atom. The topological polar surface area (TPSA) is 41.3 Å². The van der Waals surface area contributed by atoms with Gasteiger partial charge in [0.05, 0.1) is 5.69 Å². The van der Waals surface area contributed by atoms with Crippen molar-refractivity contribution < 1.29 is 5.11 Å². The third-order valence-corrected chi connectivity index (χ3v) is 4.77. The molecule has 1 fully saturated rings. The fourth-order valence-electron chi connectivity index (χ4n) is 3.51. The Morgan fingerprint density at radius 2 is 1.76 bits per heavy atom. The summed E-state index contributed by atoms with van der Waals surface area (Å²) < 4.78 is 1.90. The van der Waals surface area contributed by atoms with Gasteiger partial charge in [-0.2, -0.15) is 5.10 Å². The van der Waals surface area contributed by atoms with Crippen molar-refractivity contribution >= 4 is 12.4 Å². The molecule has 2 heterocycles. The van der Waals surface area contributed by atoms with Gasteiger partial charge in [-0.05, 0) is 29.7 Å². The first-order chi connectivity index (χ1) is 11.7. The molecule has 0 radical (unpaired) electrons. The summed E-state index contributed by atoms with van der Waals surface area (Å²) in [5, 5.41) is 15.4. The van der Waals surface area contributed by atoms with E-state index in [4.69, 9.17) is 0 Å². The summed E-state index contributed by atoms with van der Waals surface area (Å²) in [4.78, 5) is 2.31. The van der Waals surface area contributed by atoms with E-state index in [1.165, 1.54) is 5.56 Å². The van der Waals surface area contributed by atoms with Gasteiger partial charge >= 0.3 is 0 Å². The normalized spacial score (nSPS) is 20.4. The van der Waals surface area contributed by atoms with Gasteiger partial charge in [-0.3, -0.25) is 4.90 Å². The van der Waals surface area contributed by atoms with E-state index in [1.807, 2.05) is 53.3 Å². The molecular formula is C20H22ClN3O. The fourth-order valence-corrected chi connectivity index (χ4v) is 3.51. The highest BCUT2D eigenvalue weighted by Gasteiger charge is 2.37. The minimum absolute atomic E-state index is 0. The fraction of sp³-hybridized carbons (Fsp3) is 0.250. The van der Waals surface area contributed by atoms with Crippen LogP contribution < -0.4 is 0 Å². The second-order valence-corrected chi connectivity index (χ2v) is 6.44. The van der Waals surface area contributed by atoms with Gasteiger partial charge in [-0.1, -0.05) is 48.5 Å². The quantitative estimate of drug-likeness (QED) is 0.780. The monoisotopic (exact) mass is 355 g/mol. The molecule has 0 amide bonds. The Balaban J connectivity index is 0.00000182. The lowest BCUT2D eigenvalue weighted by molar-refractivity contribution is 0.0453. The summed E-state index contributed by atoms with van der Waals surface area (Å²) in [6, 6.07) is 20.2. The van der Waals surface area contributed by atoms with Crippen LogP contribution in [0.15, 0.2) is 73.1 Å². The molecule has 0 saturated carbocycles. The second-order valence-electron chi connectivity index (χ2n) is 6.44. The van der Waals surface area contributed by atoms with E-state index in [9.17, 15) is 5.11 Å². The first-order valence-electron chi connectivity index (χ1n) is 8.33. The standard InChI is InChI=1S/C20H21N3O.ClH/c24-20(18-8-2-1-3-9-18)11-14-22(16-20)15-17-7-4-5-10-19(17)23-13-6-12-21-23;/h1-10,12-13,24H,11,14-16H2;1H. The minimum Gasteiger partial charge on any atom is -0.384 e. The molecule has 1 aliphatic heterocycles. The SMILES string of the molecule is Cl.OC1(c2ccccc2)CCN(Cc2ccccc2-n2cccn2)C1. The van der Waals surface area contributed by atoms with Gasteiger partial charge in [-0.25, -0.2) is 4.68 Å². The van der Waals surface area contributed by atoms with Crippen molar-refractivity contribution in [3.8, 4) is 5.69 Å². The van der Waals surface area contributed by atoms with Crippen LogP contribution in [0.2, 0.25) is 0 Å². The molecule has 2 aromatic carbocycles. The number of halogens is 1. The van der Waals surface area contributed by atoms with E-state index in [0.717, 1.165) is 30.8 Å². The molecule has 1 N–H and O–H groups in total. The molecule has 4 rings (SSSR count). The highest BCUT2D eigenvalue weighted by molar-refractivity contribution is 5.85. The summed E-state index contributed by atoms with van der Waals surface area (Å²) >= 11 is 0. The van der Waals surface area contributed by atoms with E-state index >= 15 is 0 Å². The molecule has 3 aromatic rings. The maximum absolute atomic E-state index is 11.0. The van der Waals surface area contributed by atoms with Crippen LogP contribution in [-0.4, -0.2) is 32.9 Å². The summed E-state index contributed by atoms with van der Waals surface area (Å²) in [6.45, 7) is 2.36. The van der Waals surface area contributed by atoms with Crippen molar-refractivity contribution in [3.05, 3.63) is 84.2 Å². The van der Waals surface area contributed by atoms with E-state index < -0.39 is 5.60 Å². The van der Waals surface area contributed by atoms with Crippen LogP contribution in [0.1, 0.15) is 17.5 Å². The molecule has 1 aliphatic rings. The number of aliphatic hydroxyl groups is 1. The molecule has 1 unspecified atom stereocenters. The third kappa shape index (κ3) is 3.61. The van der Waals surface area contributed by atoms with Crippen molar-refractivity contribution in [2.45, 2.75) is 18.6 Å². The second kappa shape index (κ2) is 7.40. The molecule has 1 aromatic heterocycles. The maximum Gasteiger partial charge on any atom is 0.103 e. The van der Waals surface area contributed by atoms with E-state index in [-0.39, 0.29) is 12.4 Å². The van der Waals surface area contributed by atoms with Crippen LogP contribution in [0.25, 0.3) is 5.69 Å². The number of benzene rings is 2. The molecular weight excluding hydrogens is 334 g/mol. The Morgan fingerprint density at radius 1 is 1.00 bits per heavy atom. The van der Waals surface area contributed by atoms with Crippen molar-refractivity contribution in [1.82, 2.24) is 14.7 Å². The van der Waals surface area contributed by atoms with Crippen molar-refractivity contribution in [1.29, 1.82) is 0 Å². The Hall–Kier alpha value is -2.14. The molecule has 0 bridgehead atoms. The molecule has 25 heavy (non-hydrogen) atoms.